The van der Waals surface area contributed by atoms with Gasteiger partial charge in [-0.25, -0.2) is 9.13 Å². The first-order valence-electron chi connectivity index (χ1n) is 22.7. The van der Waals surface area contributed by atoms with Gasteiger partial charge in [-0.15, -0.1) is 0 Å². The van der Waals surface area contributed by atoms with Gasteiger partial charge in [-0.1, -0.05) is 177 Å². The molecule has 0 spiro atoms. The fourth-order valence-electron chi connectivity index (χ4n) is 5.75. The lowest BCUT2D eigenvalue weighted by molar-refractivity contribution is -0.161. The molecule has 0 aliphatic rings. The highest BCUT2D eigenvalue weighted by Gasteiger charge is 2.28. The molecule has 14 nitrogen and oxygen atoms in total. The number of carbonyl (C=O) groups is 2. The third-order valence-corrected chi connectivity index (χ3v) is 10.6. The van der Waals surface area contributed by atoms with Crippen LogP contribution in [0.5, 0.6) is 0 Å². The maximum Gasteiger partial charge on any atom is 0.472 e. The van der Waals surface area contributed by atoms with Gasteiger partial charge in [-0.05, 0) is 44.9 Å². The van der Waals surface area contributed by atoms with Crippen LogP contribution >= 0.6 is 15.6 Å². The quantitative estimate of drug-likeness (QED) is 0.0127. The minimum atomic E-state index is -4.89. The molecule has 2 unspecified atom stereocenters. The molecule has 0 rings (SSSR count). The van der Waals surface area contributed by atoms with Crippen molar-refractivity contribution in [2.24, 2.45) is 0 Å². The molecular weight excluding hydrogens is 838 g/mol. The Kier molecular flexibility index (Phi) is 39.6. The summed E-state index contributed by atoms with van der Waals surface area (Å²) in [5.74, 6) is -1.21. The number of phosphoric acid groups is 2. The predicted molar refractivity (Wildman–Crippen MR) is 245 cm³/mol. The van der Waals surface area contributed by atoms with E-state index in [2.05, 4.69) is 59.4 Å². The smallest absolute Gasteiger partial charge is 0.462 e. The molecule has 16 heteroatoms. The Morgan fingerprint density at radius 3 is 1.63 bits per heavy atom. The summed E-state index contributed by atoms with van der Waals surface area (Å²) >= 11 is 0. The summed E-state index contributed by atoms with van der Waals surface area (Å²) in [4.78, 5) is 52.7. The van der Waals surface area contributed by atoms with E-state index in [1.54, 1.807) is 24.3 Å². The van der Waals surface area contributed by atoms with Crippen LogP contribution in [0.4, 0.5) is 0 Å². The molecule has 0 fully saturated rings. The number of rotatable bonds is 42. The van der Waals surface area contributed by atoms with Crippen LogP contribution in [0.3, 0.4) is 0 Å². The van der Waals surface area contributed by atoms with Crippen LogP contribution in [0.1, 0.15) is 162 Å². The van der Waals surface area contributed by atoms with E-state index in [4.69, 9.17) is 23.8 Å². The third kappa shape index (κ3) is 44.1. The van der Waals surface area contributed by atoms with Crippen molar-refractivity contribution in [3.63, 3.8) is 0 Å². The van der Waals surface area contributed by atoms with Gasteiger partial charge < -0.3 is 34.4 Å². The largest absolute Gasteiger partial charge is 0.472 e. The Balaban J connectivity index is 4.71. The van der Waals surface area contributed by atoms with E-state index >= 15 is 0 Å². The zero-order chi connectivity index (χ0) is 46.0. The van der Waals surface area contributed by atoms with Crippen LogP contribution in [0, 0.1) is 0 Å². The molecule has 0 aliphatic heterocycles. The van der Waals surface area contributed by atoms with Gasteiger partial charge in [0.2, 0.25) is 0 Å². The second-order valence-electron chi connectivity index (χ2n) is 15.2. The van der Waals surface area contributed by atoms with Crippen molar-refractivity contribution < 1.29 is 66.7 Å². The number of esters is 2. The Morgan fingerprint density at radius 2 is 1.06 bits per heavy atom. The van der Waals surface area contributed by atoms with E-state index in [0.717, 1.165) is 44.9 Å². The summed E-state index contributed by atoms with van der Waals surface area (Å²) in [6, 6.07) is 0. The van der Waals surface area contributed by atoms with Gasteiger partial charge in [0.15, 0.2) is 6.10 Å². The molecular formula is C46H80O14P2. The zero-order valence-corrected chi connectivity index (χ0v) is 39.3. The van der Waals surface area contributed by atoms with E-state index in [1.165, 1.54) is 70.6 Å². The number of aliphatic hydroxyl groups excluding tert-OH is 2. The SMILES string of the molecule is CC/C=C\C/C=C\C/C=C\C/C=C\C=C/C(O)C/C=C\CCC(=O)O[C@H](COC(=O)CCCCCCCCCCCCCCCCC)COP(=O)(O)OC[C@@H](O)COP(=O)(O)O. The predicted octanol–water partition coefficient (Wildman–Crippen LogP) is 10.8. The first-order valence-corrected chi connectivity index (χ1v) is 25.8. The zero-order valence-electron chi connectivity index (χ0n) is 37.6. The van der Waals surface area contributed by atoms with Gasteiger partial charge in [0.1, 0.15) is 12.7 Å². The van der Waals surface area contributed by atoms with E-state index in [0.29, 0.717) is 12.8 Å². The highest BCUT2D eigenvalue weighted by Crippen LogP contribution is 2.43. The molecule has 4 atom stereocenters. The highest BCUT2D eigenvalue weighted by atomic mass is 31.2. The van der Waals surface area contributed by atoms with E-state index < -0.39 is 72.3 Å². The van der Waals surface area contributed by atoms with Crippen molar-refractivity contribution in [1.29, 1.82) is 0 Å². The number of aliphatic hydroxyl groups is 2. The van der Waals surface area contributed by atoms with E-state index in [-0.39, 0.29) is 19.3 Å². The molecule has 0 saturated heterocycles. The van der Waals surface area contributed by atoms with Crippen molar-refractivity contribution in [1.82, 2.24) is 0 Å². The lowest BCUT2D eigenvalue weighted by Crippen LogP contribution is -2.29. The number of hydrogen-bond acceptors (Lipinski definition) is 11. The van der Waals surface area contributed by atoms with Crippen LogP contribution < -0.4 is 0 Å². The van der Waals surface area contributed by atoms with Gasteiger partial charge in [-0.2, -0.15) is 0 Å². The second kappa shape index (κ2) is 41.2. The molecule has 0 amide bonds. The molecule has 0 aromatic heterocycles. The maximum absolute atomic E-state index is 12.7. The Morgan fingerprint density at radius 1 is 0.548 bits per heavy atom. The highest BCUT2D eigenvalue weighted by molar-refractivity contribution is 7.47. The monoisotopic (exact) mass is 919 g/mol. The summed E-state index contributed by atoms with van der Waals surface area (Å²) in [5.41, 5.74) is 0. The van der Waals surface area contributed by atoms with Gasteiger partial charge in [0.25, 0.3) is 0 Å². The lowest BCUT2D eigenvalue weighted by atomic mass is 10.0. The second-order valence-corrected chi connectivity index (χ2v) is 17.8. The first-order chi connectivity index (χ1) is 29.8. The van der Waals surface area contributed by atoms with Crippen LogP contribution in [-0.2, 0) is 41.8 Å². The summed E-state index contributed by atoms with van der Waals surface area (Å²) < 4.78 is 47.7. The first kappa shape index (κ1) is 59.5. The maximum atomic E-state index is 12.7. The Bertz CT molecular complexity index is 1390. The minimum Gasteiger partial charge on any atom is -0.462 e. The standard InChI is InChI=1S/C46H80O14P2/c1-3-5-7-9-11-13-15-17-18-20-22-24-26-28-32-36-45(49)56-40-44(41-59-62(54,55)58-39-43(48)38-57-61(51,52)53)60-46(50)37-33-29-31-35-42(47)34-30-27-25-23-21-19-16-14-12-10-8-6-4-2/h6,8,12,14,19,21,25,27,29-31,34,42-44,47-48H,3-5,7,9-11,13,15-18,20,22-24,26,28,32-33,35-41H2,1-2H3,(H,54,55)(H2,51,52,53)/b8-6-,14-12-,21-19-,27-25-,31-29-,34-30-/t42?,43-,44+/m0/s1. The van der Waals surface area contributed by atoms with Crippen molar-refractivity contribution >= 4 is 27.6 Å². The van der Waals surface area contributed by atoms with Gasteiger partial charge in [0, 0.05) is 12.8 Å². The van der Waals surface area contributed by atoms with Crippen molar-refractivity contribution in [2.45, 2.75) is 180 Å². The molecule has 62 heavy (non-hydrogen) atoms. The summed E-state index contributed by atoms with van der Waals surface area (Å²) in [6.07, 6.45) is 42.1. The molecule has 0 aliphatic carbocycles. The molecule has 5 N–H and O–H groups in total. The lowest BCUT2D eigenvalue weighted by Gasteiger charge is -2.20. The average molecular weight is 919 g/mol. The van der Waals surface area contributed by atoms with Crippen molar-refractivity contribution in [2.75, 3.05) is 26.4 Å². The van der Waals surface area contributed by atoms with Crippen LogP contribution in [0.15, 0.2) is 72.9 Å². The summed E-state index contributed by atoms with van der Waals surface area (Å²) in [7, 11) is -9.74. The normalized spacial score (nSPS) is 15.1. The van der Waals surface area contributed by atoms with Gasteiger partial charge in [0.05, 0.1) is 25.9 Å². The van der Waals surface area contributed by atoms with Gasteiger partial charge in [-0.3, -0.25) is 23.2 Å². The van der Waals surface area contributed by atoms with Crippen LogP contribution in [-0.4, -0.2) is 81.6 Å². The molecule has 0 bridgehead atoms. The molecule has 358 valence electrons. The van der Waals surface area contributed by atoms with Crippen molar-refractivity contribution in [3.05, 3.63) is 72.9 Å². The van der Waals surface area contributed by atoms with E-state index in [9.17, 15) is 33.8 Å². The number of ether oxygens (including phenoxy) is 2. The summed E-state index contributed by atoms with van der Waals surface area (Å²) in [5, 5.41) is 20.0. The number of allylic oxidation sites excluding steroid dienone is 10. The Labute approximate surface area is 372 Å². The Hall–Kier alpha value is -2.48. The minimum absolute atomic E-state index is 0.0764. The number of carbonyl (C=O) groups excluding carboxylic acids is 2. The topological polar surface area (TPSA) is 216 Å². The van der Waals surface area contributed by atoms with E-state index in [1.807, 2.05) is 12.2 Å². The van der Waals surface area contributed by atoms with Gasteiger partial charge >= 0.3 is 27.6 Å². The molecule has 0 radical (unpaired) electrons. The third-order valence-electron chi connectivity index (χ3n) is 9.19. The number of unbranched alkanes of at least 4 members (excludes halogenated alkanes) is 14. The fourth-order valence-corrected chi connectivity index (χ4v) is 6.91. The molecule has 0 aromatic rings. The molecule has 0 aromatic carbocycles. The van der Waals surface area contributed by atoms with Crippen LogP contribution in [0.25, 0.3) is 0 Å². The summed E-state index contributed by atoms with van der Waals surface area (Å²) in [6.45, 7) is 1.45. The van der Waals surface area contributed by atoms with Crippen molar-refractivity contribution in [3.8, 4) is 0 Å². The number of hydrogen-bond donors (Lipinski definition) is 5. The molecule has 0 saturated carbocycles. The molecule has 0 heterocycles. The number of phosphoric ester groups is 2. The fraction of sp³-hybridized carbons (Fsp3) is 0.696. The average Bonchev–Trinajstić information content (AvgIpc) is 3.23. The van der Waals surface area contributed by atoms with Crippen LogP contribution in [0.2, 0.25) is 0 Å².